The largest absolute Gasteiger partial charge is 0.346 e. The Hall–Kier alpha value is -2.33. The van der Waals surface area contributed by atoms with Gasteiger partial charge >= 0.3 is 0 Å². The summed E-state index contributed by atoms with van der Waals surface area (Å²) in [5, 5.41) is 6.40. The first-order chi connectivity index (χ1) is 11.7. The fourth-order valence-corrected chi connectivity index (χ4v) is 2.39. The molecule has 0 fully saturated rings. The molecule has 0 saturated heterocycles. The summed E-state index contributed by atoms with van der Waals surface area (Å²) in [4.78, 5) is 24.6. The third kappa shape index (κ3) is 5.33. The Balaban J connectivity index is 2.09. The van der Waals surface area contributed by atoms with E-state index in [0.717, 1.165) is 5.56 Å². The lowest BCUT2D eigenvalue weighted by molar-refractivity contribution is -0.123. The van der Waals surface area contributed by atoms with Gasteiger partial charge in [0, 0.05) is 21.7 Å². The highest BCUT2D eigenvalue weighted by atomic mass is 35.5. The number of carbonyl (C=O) groups excluding carboxylic acids is 2. The predicted octanol–water partition coefficient (Wildman–Crippen LogP) is 4.82. The maximum Gasteiger partial charge on any atom is 0.251 e. The van der Waals surface area contributed by atoms with Crippen molar-refractivity contribution in [1.29, 1.82) is 0 Å². The molecule has 0 aromatic heterocycles. The molecule has 0 aliphatic heterocycles. The van der Waals surface area contributed by atoms with Crippen LogP contribution in [0.3, 0.4) is 0 Å². The van der Waals surface area contributed by atoms with Crippen LogP contribution < -0.4 is 10.6 Å². The van der Waals surface area contributed by atoms with E-state index in [-0.39, 0.29) is 17.9 Å². The lowest BCUT2D eigenvalue weighted by Gasteiger charge is -2.18. The first-order valence-corrected chi connectivity index (χ1v) is 8.52. The zero-order valence-electron chi connectivity index (χ0n) is 14.9. The molecular formula is C20H23ClN2O2. The maximum absolute atomic E-state index is 12.5. The smallest absolute Gasteiger partial charge is 0.251 e. The summed E-state index contributed by atoms with van der Waals surface area (Å²) in [6.45, 7) is 7.41. The number of benzene rings is 2. The summed E-state index contributed by atoms with van der Waals surface area (Å²) >= 11 is 6.00. The molecule has 2 rings (SSSR count). The van der Waals surface area contributed by atoms with E-state index in [1.807, 2.05) is 45.9 Å². The molecule has 2 amide bonds. The van der Waals surface area contributed by atoms with Crippen LogP contribution in [0.2, 0.25) is 5.02 Å². The van der Waals surface area contributed by atoms with Crippen LogP contribution in [-0.4, -0.2) is 11.8 Å². The highest BCUT2D eigenvalue weighted by molar-refractivity contribution is 6.30. The molecule has 0 heterocycles. The minimum Gasteiger partial charge on any atom is -0.346 e. The Morgan fingerprint density at radius 2 is 1.72 bits per heavy atom. The van der Waals surface area contributed by atoms with Crippen LogP contribution >= 0.6 is 11.6 Å². The predicted molar refractivity (Wildman–Crippen MR) is 102 cm³/mol. The van der Waals surface area contributed by atoms with E-state index < -0.39 is 5.41 Å². The van der Waals surface area contributed by atoms with Crippen molar-refractivity contribution < 1.29 is 9.59 Å². The molecule has 25 heavy (non-hydrogen) atoms. The van der Waals surface area contributed by atoms with Crippen LogP contribution in [0.4, 0.5) is 5.69 Å². The Morgan fingerprint density at radius 1 is 1.04 bits per heavy atom. The molecule has 5 heteroatoms. The van der Waals surface area contributed by atoms with Gasteiger partial charge in [-0.1, -0.05) is 50.6 Å². The van der Waals surface area contributed by atoms with E-state index in [4.69, 9.17) is 11.6 Å². The van der Waals surface area contributed by atoms with Crippen LogP contribution in [0, 0.1) is 5.41 Å². The molecule has 1 atom stereocenters. The molecule has 0 aliphatic carbocycles. The van der Waals surface area contributed by atoms with Crippen molar-refractivity contribution in [3.05, 3.63) is 64.7 Å². The zero-order valence-corrected chi connectivity index (χ0v) is 15.6. The first kappa shape index (κ1) is 19.0. The number of amides is 2. The van der Waals surface area contributed by atoms with Gasteiger partial charge in [0.2, 0.25) is 5.91 Å². The SMILES string of the molecule is CC(NC(=O)c1cccc(NC(=O)C(C)(C)C)c1)c1cccc(Cl)c1. The summed E-state index contributed by atoms with van der Waals surface area (Å²) in [5.74, 6) is -0.309. The van der Waals surface area contributed by atoms with Gasteiger partial charge in [-0.2, -0.15) is 0 Å². The highest BCUT2D eigenvalue weighted by Gasteiger charge is 2.21. The van der Waals surface area contributed by atoms with Gasteiger partial charge in [0.15, 0.2) is 0 Å². The van der Waals surface area contributed by atoms with E-state index in [9.17, 15) is 9.59 Å². The van der Waals surface area contributed by atoms with Gasteiger partial charge in [-0.25, -0.2) is 0 Å². The number of hydrogen-bond donors (Lipinski definition) is 2. The lowest BCUT2D eigenvalue weighted by atomic mass is 9.95. The van der Waals surface area contributed by atoms with Gasteiger partial charge in [-0.05, 0) is 42.8 Å². The van der Waals surface area contributed by atoms with E-state index in [1.54, 1.807) is 30.3 Å². The second-order valence-corrected chi connectivity index (χ2v) is 7.47. The molecule has 2 aromatic rings. The maximum atomic E-state index is 12.5. The summed E-state index contributed by atoms with van der Waals surface area (Å²) in [5.41, 5.74) is 1.51. The zero-order chi connectivity index (χ0) is 18.6. The van der Waals surface area contributed by atoms with Crippen molar-refractivity contribution in [3.63, 3.8) is 0 Å². The van der Waals surface area contributed by atoms with Crippen LogP contribution in [0.15, 0.2) is 48.5 Å². The summed E-state index contributed by atoms with van der Waals surface area (Å²) in [6, 6.07) is 14.1. The average molecular weight is 359 g/mol. The summed E-state index contributed by atoms with van der Waals surface area (Å²) < 4.78 is 0. The number of hydrogen-bond acceptors (Lipinski definition) is 2. The van der Waals surface area contributed by atoms with Gasteiger partial charge in [0.05, 0.1) is 6.04 Å². The van der Waals surface area contributed by atoms with Gasteiger partial charge in [0.25, 0.3) is 5.91 Å². The van der Waals surface area contributed by atoms with Crippen LogP contribution in [0.1, 0.15) is 49.7 Å². The molecule has 0 aliphatic rings. The lowest BCUT2D eigenvalue weighted by Crippen LogP contribution is -2.28. The number of anilines is 1. The number of rotatable bonds is 4. The Bertz CT molecular complexity index is 781. The van der Waals surface area contributed by atoms with E-state index in [2.05, 4.69) is 10.6 Å². The van der Waals surface area contributed by atoms with E-state index in [1.165, 1.54) is 0 Å². The van der Waals surface area contributed by atoms with Crippen LogP contribution in [0.5, 0.6) is 0 Å². The Kier molecular flexibility index (Phi) is 5.85. The van der Waals surface area contributed by atoms with Crippen LogP contribution in [-0.2, 0) is 4.79 Å². The topological polar surface area (TPSA) is 58.2 Å². The molecule has 0 bridgehead atoms. The van der Waals surface area contributed by atoms with Crippen molar-refractivity contribution >= 4 is 29.1 Å². The number of nitrogens with one attached hydrogen (secondary N) is 2. The molecule has 2 N–H and O–H groups in total. The van der Waals surface area contributed by atoms with Crippen molar-refractivity contribution in [2.24, 2.45) is 5.41 Å². The fraction of sp³-hybridized carbons (Fsp3) is 0.300. The number of carbonyl (C=O) groups is 2. The third-order valence-electron chi connectivity index (χ3n) is 3.76. The highest BCUT2D eigenvalue weighted by Crippen LogP contribution is 2.20. The molecule has 4 nitrogen and oxygen atoms in total. The second kappa shape index (κ2) is 7.70. The molecule has 0 spiro atoms. The van der Waals surface area contributed by atoms with E-state index in [0.29, 0.717) is 16.3 Å². The van der Waals surface area contributed by atoms with Gasteiger partial charge in [0.1, 0.15) is 0 Å². The number of halogens is 1. The normalized spacial score (nSPS) is 12.4. The van der Waals surface area contributed by atoms with Crippen LogP contribution in [0.25, 0.3) is 0 Å². The molecule has 0 radical (unpaired) electrons. The molecule has 0 saturated carbocycles. The summed E-state index contributed by atoms with van der Waals surface area (Å²) in [6.07, 6.45) is 0. The van der Waals surface area contributed by atoms with Crippen molar-refractivity contribution in [1.82, 2.24) is 5.32 Å². The average Bonchev–Trinajstić information content (AvgIpc) is 2.54. The third-order valence-corrected chi connectivity index (χ3v) is 4.00. The van der Waals surface area contributed by atoms with Crippen molar-refractivity contribution in [3.8, 4) is 0 Å². The first-order valence-electron chi connectivity index (χ1n) is 8.14. The fourth-order valence-electron chi connectivity index (χ4n) is 2.20. The summed E-state index contributed by atoms with van der Waals surface area (Å²) in [7, 11) is 0. The Labute approximate surface area is 153 Å². The van der Waals surface area contributed by atoms with E-state index >= 15 is 0 Å². The molecule has 2 aromatic carbocycles. The van der Waals surface area contributed by atoms with Crippen molar-refractivity contribution in [2.75, 3.05) is 5.32 Å². The minimum absolute atomic E-state index is 0.0997. The molecular weight excluding hydrogens is 336 g/mol. The minimum atomic E-state index is -0.501. The van der Waals surface area contributed by atoms with Gasteiger partial charge in [-0.3, -0.25) is 9.59 Å². The molecule has 132 valence electrons. The standard InChI is InChI=1S/C20H23ClN2O2/c1-13(14-7-5-9-16(21)11-14)22-18(24)15-8-6-10-17(12-15)23-19(25)20(2,3)4/h5-13H,1-4H3,(H,22,24)(H,23,25). The van der Waals surface area contributed by atoms with Crippen molar-refractivity contribution in [2.45, 2.75) is 33.7 Å². The molecule has 1 unspecified atom stereocenters. The Morgan fingerprint density at radius 3 is 2.36 bits per heavy atom. The quantitative estimate of drug-likeness (QED) is 0.823. The van der Waals surface area contributed by atoms with Gasteiger partial charge < -0.3 is 10.6 Å². The monoisotopic (exact) mass is 358 g/mol. The van der Waals surface area contributed by atoms with Gasteiger partial charge in [-0.15, -0.1) is 0 Å². The second-order valence-electron chi connectivity index (χ2n) is 7.04.